The molecule has 6 heteroatoms. The number of aromatic amines is 1. The lowest BCUT2D eigenvalue weighted by molar-refractivity contribution is 0.440. The van der Waals surface area contributed by atoms with E-state index in [-0.39, 0.29) is 23.9 Å². The second-order valence-corrected chi connectivity index (χ2v) is 7.01. The van der Waals surface area contributed by atoms with Crippen LogP contribution in [-0.4, -0.2) is 14.5 Å². The summed E-state index contributed by atoms with van der Waals surface area (Å²) in [6, 6.07) is 9.38. The van der Waals surface area contributed by atoms with Crippen LogP contribution in [0.4, 0.5) is 0 Å². The van der Waals surface area contributed by atoms with Crippen LogP contribution in [-0.2, 0) is 6.54 Å². The summed E-state index contributed by atoms with van der Waals surface area (Å²) in [6.45, 7) is 7.90. The zero-order valence-electron chi connectivity index (χ0n) is 15.9. The van der Waals surface area contributed by atoms with Crippen molar-refractivity contribution in [1.82, 2.24) is 14.5 Å². The van der Waals surface area contributed by atoms with Gasteiger partial charge in [-0.25, -0.2) is 4.79 Å². The van der Waals surface area contributed by atoms with E-state index in [1.54, 1.807) is 18.5 Å². The highest BCUT2D eigenvalue weighted by Crippen LogP contribution is 2.26. The van der Waals surface area contributed by atoms with Crippen LogP contribution in [0, 0.1) is 13.8 Å². The number of nitrogens with one attached hydrogen (secondary N) is 1. The van der Waals surface area contributed by atoms with Gasteiger partial charge in [-0.15, -0.1) is 0 Å². The van der Waals surface area contributed by atoms with Crippen molar-refractivity contribution in [3.8, 4) is 11.6 Å². The van der Waals surface area contributed by atoms with Gasteiger partial charge >= 0.3 is 5.69 Å². The summed E-state index contributed by atoms with van der Waals surface area (Å²) in [4.78, 5) is 32.4. The van der Waals surface area contributed by atoms with Crippen molar-refractivity contribution in [3.63, 3.8) is 0 Å². The first-order valence-electron chi connectivity index (χ1n) is 8.87. The summed E-state index contributed by atoms with van der Waals surface area (Å²) in [5.41, 5.74) is 2.46. The van der Waals surface area contributed by atoms with Crippen LogP contribution in [0.5, 0.6) is 11.6 Å². The third kappa shape index (κ3) is 4.16. The second kappa shape index (κ2) is 7.61. The van der Waals surface area contributed by atoms with Gasteiger partial charge in [0.05, 0.1) is 12.1 Å². The van der Waals surface area contributed by atoms with E-state index in [9.17, 15) is 9.59 Å². The summed E-state index contributed by atoms with van der Waals surface area (Å²) in [5, 5.41) is 0. The van der Waals surface area contributed by atoms with Gasteiger partial charge in [-0.2, -0.15) is 0 Å². The SMILES string of the molecule is Cc1cc(C)cc(Oc2[nH]c(=O)n(Cc3cccnc3)c(=O)c2C(C)C)c1. The Labute approximate surface area is 157 Å². The van der Waals surface area contributed by atoms with Crippen molar-refractivity contribution < 1.29 is 4.74 Å². The molecule has 2 aromatic heterocycles. The summed E-state index contributed by atoms with van der Waals surface area (Å²) in [5.74, 6) is 0.678. The van der Waals surface area contributed by atoms with Gasteiger partial charge in [0.1, 0.15) is 5.75 Å². The normalized spacial score (nSPS) is 11.0. The van der Waals surface area contributed by atoms with Crippen molar-refractivity contribution >= 4 is 0 Å². The van der Waals surface area contributed by atoms with E-state index >= 15 is 0 Å². The number of hydrogen-bond donors (Lipinski definition) is 1. The molecule has 1 N–H and O–H groups in total. The molecule has 3 aromatic rings. The smallest absolute Gasteiger partial charge is 0.331 e. The van der Waals surface area contributed by atoms with Gasteiger partial charge in [0.25, 0.3) is 5.56 Å². The lowest BCUT2D eigenvalue weighted by Crippen LogP contribution is -2.38. The van der Waals surface area contributed by atoms with E-state index < -0.39 is 5.69 Å². The molecule has 0 bridgehead atoms. The molecule has 0 atom stereocenters. The average Bonchev–Trinajstić information content (AvgIpc) is 2.58. The number of ether oxygens (including phenoxy) is 1. The van der Waals surface area contributed by atoms with Crippen LogP contribution in [0.3, 0.4) is 0 Å². The topological polar surface area (TPSA) is 77.0 Å². The fraction of sp³-hybridized carbons (Fsp3) is 0.286. The zero-order valence-corrected chi connectivity index (χ0v) is 15.9. The maximum atomic E-state index is 13.0. The number of pyridine rings is 1. The minimum atomic E-state index is -0.507. The van der Waals surface area contributed by atoms with Crippen molar-refractivity contribution in [2.24, 2.45) is 0 Å². The Morgan fingerprint density at radius 1 is 1.15 bits per heavy atom. The molecule has 1 aromatic carbocycles. The Bertz CT molecular complexity index is 1050. The molecule has 0 aliphatic rings. The number of rotatable bonds is 5. The molecule has 0 saturated heterocycles. The molecule has 0 aliphatic carbocycles. The van der Waals surface area contributed by atoms with Gasteiger partial charge in [-0.1, -0.05) is 26.0 Å². The van der Waals surface area contributed by atoms with Crippen LogP contribution >= 0.6 is 0 Å². The monoisotopic (exact) mass is 365 g/mol. The second-order valence-electron chi connectivity index (χ2n) is 7.01. The fourth-order valence-electron chi connectivity index (χ4n) is 3.08. The van der Waals surface area contributed by atoms with Crippen LogP contribution in [0.25, 0.3) is 0 Å². The predicted molar refractivity (Wildman–Crippen MR) is 105 cm³/mol. The van der Waals surface area contributed by atoms with Crippen LogP contribution in [0.1, 0.15) is 42.0 Å². The van der Waals surface area contributed by atoms with Gasteiger partial charge in [-0.05, 0) is 54.7 Å². The van der Waals surface area contributed by atoms with E-state index in [2.05, 4.69) is 9.97 Å². The highest BCUT2D eigenvalue weighted by atomic mass is 16.5. The van der Waals surface area contributed by atoms with Gasteiger partial charge in [0.15, 0.2) is 0 Å². The average molecular weight is 365 g/mol. The highest BCUT2D eigenvalue weighted by molar-refractivity contribution is 5.37. The molecule has 6 nitrogen and oxygen atoms in total. The maximum Gasteiger partial charge on any atom is 0.331 e. The molecule has 2 heterocycles. The number of aromatic nitrogens is 3. The third-order valence-electron chi connectivity index (χ3n) is 4.24. The zero-order chi connectivity index (χ0) is 19.6. The van der Waals surface area contributed by atoms with Crippen molar-refractivity contribution in [1.29, 1.82) is 0 Å². The number of aryl methyl sites for hydroxylation is 2. The Hall–Kier alpha value is -3.15. The van der Waals surface area contributed by atoms with Crippen LogP contribution in [0.15, 0.2) is 52.3 Å². The molecule has 0 spiro atoms. The highest BCUT2D eigenvalue weighted by Gasteiger charge is 2.19. The molecule has 3 rings (SSSR count). The van der Waals surface area contributed by atoms with Crippen LogP contribution in [0.2, 0.25) is 0 Å². The minimum Gasteiger partial charge on any atom is -0.440 e. The van der Waals surface area contributed by atoms with Crippen molar-refractivity contribution in [2.45, 2.75) is 40.2 Å². The number of nitrogens with zero attached hydrogens (tertiary/aromatic N) is 2. The van der Waals surface area contributed by atoms with Gasteiger partial charge in [0, 0.05) is 12.4 Å². The van der Waals surface area contributed by atoms with E-state index in [1.165, 1.54) is 4.57 Å². The first-order valence-corrected chi connectivity index (χ1v) is 8.87. The lowest BCUT2D eigenvalue weighted by atomic mass is 10.1. The van der Waals surface area contributed by atoms with Crippen molar-refractivity contribution in [3.05, 3.63) is 85.8 Å². The first-order chi connectivity index (χ1) is 12.8. The quantitative estimate of drug-likeness (QED) is 0.751. The molecule has 27 heavy (non-hydrogen) atoms. The predicted octanol–water partition coefficient (Wildman–Crippen LogP) is 3.51. The fourth-order valence-corrected chi connectivity index (χ4v) is 3.08. The molecule has 0 radical (unpaired) electrons. The maximum absolute atomic E-state index is 13.0. The molecular weight excluding hydrogens is 342 g/mol. The summed E-state index contributed by atoms with van der Waals surface area (Å²) in [7, 11) is 0. The van der Waals surface area contributed by atoms with E-state index in [4.69, 9.17) is 4.74 Å². The molecule has 0 amide bonds. The minimum absolute atomic E-state index is 0.115. The Morgan fingerprint density at radius 2 is 1.85 bits per heavy atom. The van der Waals surface area contributed by atoms with Gasteiger partial charge < -0.3 is 4.74 Å². The van der Waals surface area contributed by atoms with E-state index in [1.807, 2.05) is 52.0 Å². The first kappa shape index (κ1) is 18.6. The number of hydrogen-bond acceptors (Lipinski definition) is 4. The Kier molecular flexibility index (Phi) is 5.26. The molecule has 0 saturated carbocycles. The molecule has 0 fully saturated rings. The van der Waals surface area contributed by atoms with Crippen LogP contribution < -0.4 is 16.0 Å². The summed E-state index contributed by atoms with van der Waals surface area (Å²) in [6.07, 6.45) is 3.29. The Morgan fingerprint density at radius 3 is 2.44 bits per heavy atom. The van der Waals surface area contributed by atoms with E-state index in [0.717, 1.165) is 16.7 Å². The molecule has 0 aliphatic heterocycles. The molecule has 0 unspecified atom stereocenters. The van der Waals surface area contributed by atoms with Gasteiger partial charge in [-0.3, -0.25) is 19.3 Å². The summed E-state index contributed by atoms with van der Waals surface area (Å²) >= 11 is 0. The number of benzene rings is 1. The standard InChI is InChI=1S/C21H23N3O3/c1-13(2)18-19(27-17-9-14(3)8-15(4)10-17)23-21(26)24(20(18)25)12-16-6-5-7-22-11-16/h5-11,13H,12H2,1-4H3,(H,23,26). The Balaban J connectivity index is 2.07. The largest absolute Gasteiger partial charge is 0.440 e. The summed E-state index contributed by atoms with van der Waals surface area (Å²) < 4.78 is 7.10. The lowest BCUT2D eigenvalue weighted by Gasteiger charge is -2.15. The molecular formula is C21H23N3O3. The van der Waals surface area contributed by atoms with Gasteiger partial charge in [0.2, 0.25) is 5.88 Å². The van der Waals surface area contributed by atoms with Crippen molar-refractivity contribution in [2.75, 3.05) is 0 Å². The molecule has 140 valence electrons. The number of H-pyrrole nitrogens is 1. The third-order valence-corrected chi connectivity index (χ3v) is 4.24. The van der Waals surface area contributed by atoms with E-state index in [0.29, 0.717) is 11.3 Å².